The topological polar surface area (TPSA) is 69.6 Å². The Hall–Kier alpha value is -2.11. The number of likely N-dealkylation sites (tertiary alicyclic amines) is 1. The first-order valence-electron chi connectivity index (χ1n) is 5.64. The van der Waals surface area contributed by atoms with Gasteiger partial charge < -0.3 is 15.3 Å². The van der Waals surface area contributed by atoms with Crippen LogP contribution in [-0.4, -0.2) is 34.6 Å². The van der Waals surface area contributed by atoms with E-state index in [1.54, 1.807) is 0 Å². The third-order valence-electron chi connectivity index (χ3n) is 2.89. The van der Waals surface area contributed by atoms with Crippen LogP contribution in [0.25, 0.3) is 0 Å². The van der Waals surface area contributed by atoms with Gasteiger partial charge in [0.2, 0.25) is 0 Å². The zero-order valence-corrected chi connectivity index (χ0v) is 9.60. The van der Waals surface area contributed by atoms with Crippen LogP contribution in [0.15, 0.2) is 24.3 Å². The fraction of sp³-hybridized carbons (Fsp3) is 0.333. The van der Waals surface area contributed by atoms with Crippen molar-refractivity contribution in [3.8, 4) is 0 Å². The lowest BCUT2D eigenvalue weighted by Gasteiger charge is -2.21. The molecule has 0 spiro atoms. The highest BCUT2D eigenvalue weighted by atomic mass is 19.1. The van der Waals surface area contributed by atoms with Gasteiger partial charge in [0, 0.05) is 12.2 Å². The number of anilines is 1. The van der Waals surface area contributed by atoms with E-state index in [9.17, 15) is 14.0 Å². The molecule has 1 fully saturated rings. The van der Waals surface area contributed by atoms with Crippen molar-refractivity contribution in [3.63, 3.8) is 0 Å². The van der Waals surface area contributed by atoms with E-state index in [4.69, 9.17) is 5.11 Å². The number of carboxylic acids is 1. The maximum Gasteiger partial charge on any atom is 0.326 e. The van der Waals surface area contributed by atoms with Crippen molar-refractivity contribution in [2.75, 3.05) is 11.9 Å². The monoisotopic (exact) mass is 252 g/mol. The Morgan fingerprint density at radius 3 is 2.61 bits per heavy atom. The quantitative estimate of drug-likeness (QED) is 0.844. The molecule has 2 N–H and O–H groups in total. The molecule has 1 atom stereocenters. The summed E-state index contributed by atoms with van der Waals surface area (Å²) in [6.45, 7) is 0.421. The summed E-state index contributed by atoms with van der Waals surface area (Å²) in [5.74, 6) is -1.39. The van der Waals surface area contributed by atoms with Gasteiger partial charge in [-0.3, -0.25) is 0 Å². The number of hydrogen-bond acceptors (Lipinski definition) is 2. The van der Waals surface area contributed by atoms with Gasteiger partial charge in [0.1, 0.15) is 11.9 Å². The average Bonchev–Trinajstić information content (AvgIpc) is 2.81. The Morgan fingerprint density at radius 2 is 2.00 bits per heavy atom. The Morgan fingerprint density at radius 1 is 1.33 bits per heavy atom. The standard InChI is InChI=1S/C12H13FN2O3/c13-8-3-5-9(6-4-8)14-12(18)15-7-1-2-10(15)11(16)17/h3-6,10H,1-2,7H2,(H,14,18)(H,16,17)/t10-/m1/s1. The minimum atomic E-state index is -0.998. The predicted molar refractivity (Wildman–Crippen MR) is 62.8 cm³/mol. The highest BCUT2D eigenvalue weighted by Crippen LogP contribution is 2.19. The number of carboxylic acid groups (broad SMARTS) is 1. The van der Waals surface area contributed by atoms with Crippen molar-refractivity contribution < 1.29 is 19.1 Å². The zero-order chi connectivity index (χ0) is 13.1. The summed E-state index contributed by atoms with van der Waals surface area (Å²) in [6.07, 6.45) is 1.14. The van der Waals surface area contributed by atoms with Crippen LogP contribution >= 0.6 is 0 Å². The molecule has 0 saturated carbocycles. The second kappa shape index (κ2) is 5.03. The molecule has 0 radical (unpaired) electrons. The molecule has 2 rings (SSSR count). The minimum absolute atomic E-state index is 0.391. The summed E-state index contributed by atoms with van der Waals surface area (Å²) in [7, 11) is 0. The Kier molecular flexibility index (Phi) is 3.45. The van der Waals surface area contributed by atoms with Crippen molar-refractivity contribution in [1.82, 2.24) is 4.90 Å². The fourth-order valence-corrected chi connectivity index (χ4v) is 2.00. The molecule has 0 aromatic heterocycles. The van der Waals surface area contributed by atoms with E-state index < -0.39 is 23.9 Å². The molecule has 1 aliphatic heterocycles. The van der Waals surface area contributed by atoms with Gasteiger partial charge in [-0.15, -0.1) is 0 Å². The molecule has 1 heterocycles. The first kappa shape index (κ1) is 12.3. The molecule has 0 unspecified atom stereocenters. The maximum absolute atomic E-state index is 12.7. The van der Waals surface area contributed by atoms with Crippen molar-refractivity contribution in [3.05, 3.63) is 30.1 Å². The first-order valence-corrected chi connectivity index (χ1v) is 5.64. The predicted octanol–water partition coefficient (Wildman–Crippen LogP) is 1.91. The number of hydrogen-bond donors (Lipinski definition) is 2. The zero-order valence-electron chi connectivity index (χ0n) is 9.60. The van der Waals surface area contributed by atoms with Gasteiger partial charge >= 0.3 is 12.0 Å². The van der Waals surface area contributed by atoms with E-state index in [2.05, 4.69) is 5.32 Å². The summed E-state index contributed by atoms with van der Waals surface area (Å²) in [5.41, 5.74) is 0.442. The molecule has 5 nitrogen and oxygen atoms in total. The summed E-state index contributed by atoms with van der Waals surface area (Å²) in [5, 5.41) is 11.5. The van der Waals surface area contributed by atoms with Gasteiger partial charge in [0.25, 0.3) is 0 Å². The number of nitrogens with zero attached hydrogens (tertiary/aromatic N) is 1. The van der Waals surface area contributed by atoms with Gasteiger partial charge in [-0.1, -0.05) is 0 Å². The smallest absolute Gasteiger partial charge is 0.326 e. The molecule has 1 aromatic rings. The number of benzene rings is 1. The highest BCUT2D eigenvalue weighted by molar-refractivity contribution is 5.92. The van der Waals surface area contributed by atoms with E-state index in [0.29, 0.717) is 25.1 Å². The fourth-order valence-electron chi connectivity index (χ4n) is 2.00. The highest BCUT2D eigenvalue weighted by Gasteiger charge is 2.33. The number of urea groups is 1. The Labute approximate surface area is 103 Å². The summed E-state index contributed by atoms with van der Waals surface area (Å²) >= 11 is 0. The van der Waals surface area contributed by atoms with Gasteiger partial charge in [-0.25, -0.2) is 14.0 Å². The summed E-state index contributed by atoms with van der Waals surface area (Å²) in [4.78, 5) is 24.1. The van der Waals surface area contributed by atoms with Crippen LogP contribution in [0.3, 0.4) is 0 Å². The molecule has 18 heavy (non-hydrogen) atoms. The number of amides is 2. The Balaban J connectivity index is 2.03. The first-order chi connectivity index (χ1) is 8.58. The number of nitrogens with one attached hydrogen (secondary N) is 1. The van der Waals surface area contributed by atoms with Gasteiger partial charge in [0.15, 0.2) is 0 Å². The Bertz CT molecular complexity index is 461. The molecule has 0 aliphatic carbocycles. The number of halogens is 1. The molecule has 96 valence electrons. The van der Waals surface area contributed by atoms with Crippen LogP contribution in [0.2, 0.25) is 0 Å². The van der Waals surface area contributed by atoms with Crippen LogP contribution in [0.4, 0.5) is 14.9 Å². The summed E-state index contributed by atoms with van der Waals surface area (Å²) in [6, 6.07) is 4.08. The average molecular weight is 252 g/mol. The van der Waals surface area contributed by atoms with Crippen LogP contribution in [0.5, 0.6) is 0 Å². The number of carbonyl (C=O) groups excluding carboxylic acids is 1. The van der Waals surface area contributed by atoms with E-state index in [1.165, 1.54) is 29.2 Å². The normalized spacial score (nSPS) is 18.7. The number of aliphatic carboxylic acids is 1. The maximum atomic E-state index is 12.7. The number of rotatable bonds is 2. The van der Waals surface area contributed by atoms with Crippen LogP contribution < -0.4 is 5.32 Å². The second-order valence-corrected chi connectivity index (χ2v) is 4.13. The lowest BCUT2D eigenvalue weighted by molar-refractivity contribution is -0.141. The van der Waals surface area contributed by atoms with Crippen molar-refractivity contribution in [2.45, 2.75) is 18.9 Å². The third-order valence-corrected chi connectivity index (χ3v) is 2.89. The van der Waals surface area contributed by atoms with Gasteiger partial charge in [-0.05, 0) is 37.1 Å². The van der Waals surface area contributed by atoms with Crippen molar-refractivity contribution in [1.29, 1.82) is 0 Å². The van der Waals surface area contributed by atoms with Crippen molar-refractivity contribution in [2.24, 2.45) is 0 Å². The van der Waals surface area contributed by atoms with Crippen molar-refractivity contribution >= 4 is 17.7 Å². The van der Waals surface area contributed by atoms with Gasteiger partial charge in [0.05, 0.1) is 0 Å². The van der Waals surface area contributed by atoms with E-state index >= 15 is 0 Å². The molecular formula is C12H13FN2O3. The minimum Gasteiger partial charge on any atom is -0.480 e. The molecule has 1 saturated heterocycles. The molecule has 0 bridgehead atoms. The molecule has 2 amide bonds. The van der Waals surface area contributed by atoms with E-state index in [-0.39, 0.29) is 0 Å². The van der Waals surface area contributed by atoms with Crippen LogP contribution in [0.1, 0.15) is 12.8 Å². The lowest BCUT2D eigenvalue weighted by atomic mass is 10.2. The molecule has 1 aromatic carbocycles. The third kappa shape index (κ3) is 2.58. The van der Waals surface area contributed by atoms with Crippen LogP contribution in [0, 0.1) is 5.82 Å². The number of carbonyl (C=O) groups is 2. The molecule has 6 heteroatoms. The summed E-state index contributed by atoms with van der Waals surface area (Å²) < 4.78 is 12.7. The largest absolute Gasteiger partial charge is 0.480 e. The van der Waals surface area contributed by atoms with E-state index in [1.807, 2.05) is 0 Å². The molecular weight excluding hydrogens is 239 g/mol. The van der Waals surface area contributed by atoms with Gasteiger partial charge in [-0.2, -0.15) is 0 Å². The lowest BCUT2D eigenvalue weighted by Crippen LogP contribution is -2.42. The molecule has 1 aliphatic rings. The van der Waals surface area contributed by atoms with Crippen LogP contribution in [-0.2, 0) is 4.79 Å². The van der Waals surface area contributed by atoms with E-state index in [0.717, 1.165) is 0 Å². The SMILES string of the molecule is O=C(O)[C@H]1CCCN1C(=O)Nc1ccc(F)cc1. The second-order valence-electron chi connectivity index (χ2n) is 4.13.